The molecule has 0 bridgehead atoms. The number of carbonyl (C=O) groups is 1. The second kappa shape index (κ2) is 10.3. The molecule has 1 N–H and O–H groups in total. The summed E-state index contributed by atoms with van der Waals surface area (Å²) in [7, 11) is 3.59. The monoisotopic (exact) mass is 430 g/mol. The number of benzene rings is 2. The Balaban J connectivity index is 1.47. The van der Waals surface area contributed by atoms with Gasteiger partial charge in [0.05, 0.1) is 23.6 Å². The normalized spacial score (nSPS) is 10.7. The van der Waals surface area contributed by atoms with Crippen LogP contribution in [-0.4, -0.2) is 33.5 Å². The number of hydrogen-bond acceptors (Lipinski definition) is 5. The number of halogens is 1. The van der Waals surface area contributed by atoms with Crippen molar-refractivity contribution in [3.8, 4) is 5.75 Å². The summed E-state index contributed by atoms with van der Waals surface area (Å²) in [5.74, 6) is 1.88. The van der Waals surface area contributed by atoms with E-state index >= 15 is 0 Å². The Morgan fingerprint density at radius 3 is 2.62 bits per heavy atom. The second-order valence-electron chi connectivity index (χ2n) is 6.48. The van der Waals surface area contributed by atoms with Gasteiger partial charge in [0.25, 0.3) is 0 Å². The molecule has 0 aliphatic carbocycles. The molecule has 1 heterocycles. The lowest BCUT2D eigenvalue weighted by atomic mass is 10.1. The van der Waals surface area contributed by atoms with Crippen LogP contribution in [0.5, 0.6) is 5.75 Å². The van der Waals surface area contributed by atoms with Gasteiger partial charge in [0.15, 0.2) is 5.16 Å². The van der Waals surface area contributed by atoms with E-state index in [9.17, 15) is 4.79 Å². The van der Waals surface area contributed by atoms with E-state index in [1.165, 1.54) is 17.3 Å². The summed E-state index contributed by atoms with van der Waals surface area (Å²) in [5, 5.41) is 12.5. The molecule has 1 amide bonds. The van der Waals surface area contributed by atoms with E-state index in [-0.39, 0.29) is 11.7 Å². The molecule has 8 heteroatoms. The fourth-order valence-corrected chi connectivity index (χ4v) is 3.72. The summed E-state index contributed by atoms with van der Waals surface area (Å²) in [4.78, 5) is 12.2. The number of amides is 1. The number of rotatable bonds is 9. The van der Waals surface area contributed by atoms with Gasteiger partial charge in [0.2, 0.25) is 5.91 Å². The van der Waals surface area contributed by atoms with Crippen molar-refractivity contribution in [1.29, 1.82) is 0 Å². The van der Waals surface area contributed by atoms with E-state index in [0.29, 0.717) is 10.7 Å². The average molecular weight is 431 g/mol. The molecule has 0 saturated heterocycles. The highest BCUT2D eigenvalue weighted by atomic mass is 35.5. The van der Waals surface area contributed by atoms with E-state index in [1.807, 2.05) is 35.9 Å². The Morgan fingerprint density at radius 1 is 1.14 bits per heavy atom. The Hall–Kier alpha value is -2.51. The third kappa shape index (κ3) is 5.98. The van der Waals surface area contributed by atoms with Crippen LogP contribution in [0.3, 0.4) is 0 Å². The van der Waals surface area contributed by atoms with Crippen molar-refractivity contribution in [2.24, 2.45) is 7.05 Å². The zero-order valence-corrected chi connectivity index (χ0v) is 18.0. The quantitative estimate of drug-likeness (QED) is 0.510. The van der Waals surface area contributed by atoms with Crippen LogP contribution in [0.1, 0.15) is 17.8 Å². The Kier molecular flexibility index (Phi) is 7.55. The number of anilines is 1. The number of methoxy groups -OCH3 is 1. The van der Waals surface area contributed by atoms with Gasteiger partial charge in [-0.2, -0.15) is 0 Å². The molecular formula is C21H23ClN4O2S. The zero-order chi connectivity index (χ0) is 20.6. The first-order chi connectivity index (χ1) is 14.1. The molecule has 0 spiro atoms. The van der Waals surface area contributed by atoms with Gasteiger partial charge in [-0.05, 0) is 42.7 Å². The van der Waals surface area contributed by atoms with Crippen LogP contribution in [0.15, 0.2) is 53.7 Å². The van der Waals surface area contributed by atoms with Crippen molar-refractivity contribution in [2.75, 3.05) is 18.2 Å². The molecule has 152 valence electrons. The molecule has 1 aromatic heterocycles. The van der Waals surface area contributed by atoms with Gasteiger partial charge in [-0.1, -0.05) is 47.6 Å². The number of nitrogens with zero attached hydrogens (tertiary/aromatic N) is 3. The molecule has 0 atom stereocenters. The first-order valence-electron chi connectivity index (χ1n) is 9.25. The third-order valence-electron chi connectivity index (χ3n) is 4.43. The van der Waals surface area contributed by atoms with Crippen LogP contribution in [0, 0.1) is 0 Å². The van der Waals surface area contributed by atoms with Gasteiger partial charge >= 0.3 is 0 Å². The van der Waals surface area contributed by atoms with Gasteiger partial charge in [-0.3, -0.25) is 4.79 Å². The van der Waals surface area contributed by atoms with Crippen LogP contribution in [0.25, 0.3) is 0 Å². The van der Waals surface area contributed by atoms with Crippen LogP contribution in [0.2, 0.25) is 5.02 Å². The summed E-state index contributed by atoms with van der Waals surface area (Å²) in [6.07, 6.45) is 2.75. The number of aromatic nitrogens is 3. The van der Waals surface area contributed by atoms with Crippen LogP contribution >= 0.6 is 23.4 Å². The molecule has 0 saturated carbocycles. The van der Waals surface area contributed by atoms with E-state index in [2.05, 4.69) is 27.6 Å². The minimum atomic E-state index is -0.132. The zero-order valence-electron chi connectivity index (χ0n) is 16.4. The Bertz CT molecular complexity index is 960. The molecule has 0 aliphatic rings. The number of hydrogen-bond donors (Lipinski definition) is 1. The summed E-state index contributed by atoms with van der Waals surface area (Å²) in [5.41, 5.74) is 1.87. The van der Waals surface area contributed by atoms with E-state index in [1.54, 1.807) is 19.2 Å². The lowest BCUT2D eigenvalue weighted by molar-refractivity contribution is -0.113. The second-order valence-corrected chi connectivity index (χ2v) is 7.83. The lowest BCUT2D eigenvalue weighted by Crippen LogP contribution is -2.14. The van der Waals surface area contributed by atoms with Crippen molar-refractivity contribution < 1.29 is 9.53 Å². The number of thioether (sulfide) groups is 1. The maximum Gasteiger partial charge on any atom is 0.234 e. The summed E-state index contributed by atoms with van der Waals surface area (Å²) in [6.45, 7) is 0. The average Bonchev–Trinajstić information content (AvgIpc) is 3.08. The topological polar surface area (TPSA) is 69.0 Å². The minimum Gasteiger partial charge on any atom is -0.497 e. The van der Waals surface area contributed by atoms with Crippen molar-refractivity contribution in [3.63, 3.8) is 0 Å². The minimum absolute atomic E-state index is 0.132. The molecule has 3 rings (SSSR count). The third-order valence-corrected chi connectivity index (χ3v) is 5.78. The summed E-state index contributed by atoms with van der Waals surface area (Å²) >= 11 is 7.42. The number of nitrogens with one attached hydrogen (secondary N) is 1. The van der Waals surface area contributed by atoms with Crippen molar-refractivity contribution in [2.45, 2.75) is 24.4 Å². The molecule has 0 fully saturated rings. The molecule has 0 unspecified atom stereocenters. The van der Waals surface area contributed by atoms with Crippen molar-refractivity contribution in [1.82, 2.24) is 14.8 Å². The van der Waals surface area contributed by atoms with E-state index < -0.39 is 0 Å². The van der Waals surface area contributed by atoms with Crippen LogP contribution in [-0.2, 0) is 24.7 Å². The summed E-state index contributed by atoms with van der Waals surface area (Å²) < 4.78 is 7.13. The van der Waals surface area contributed by atoms with Gasteiger partial charge in [0.1, 0.15) is 11.6 Å². The molecule has 0 aliphatic heterocycles. The number of ether oxygens (including phenoxy) is 1. The predicted molar refractivity (Wildman–Crippen MR) is 117 cm³/mol. The molecule has 29 heavy (non-hydrogen) atoms. The van der Waals surface area contributed by atoms with Crippen LogP contribution in [0.4, 0.5) is 5.69 Å². The van der Waals surface area contributed by atoms with Gasteiger partial charge < -0.3 is 14.6 Å². The summed E-state index contributed by atoms with van der Waals surface area (Å²) in [6, 6.07) is 15.3. The highest BCUT2D eigenvalue weighted by Crippen LogP contribution is 2.22. The first-order valence-corrected chi connectivity index (χ1v) is 10.6. The van der Waals surface area contributed by atoms with E-state index in [0.717, 1.165) is 36.0 Å². The Labute approximate surface area is 179 Å². The fourth-order valence-electron chi connectivity index (χ4n) is 2.81. The predicted octanol–water partition coefficient (Wildman–Crippen LogP) is 4.38. The highest BCUT2D eigenvalue weighted by Gasteiger charge is 2.12. The lowest BCUT2D eigenvalue weighted by Gasteiger charge is -2.07. The standard InChI is InChI=1S/C21H23ClN4O2S/c1-26-19(9-5-6-15-10-12-16(28-2)13-11-15)24-25-21(26)29-14-20(27)23-18-8-4-3-7-17(18)22/h3-4,7-8,10-13H,5-6,9,14H2,1-2H3,(H,23,27). The highest BCUT2D eigenvalue weighted by molar-refractivity contribution is 7.99. The van der Waals surface area contributed by atoms with Crippen LogP contribution < -0.4 is 10.1 Å². The van der Waals surface area contributed by atoms with Gasteiger partial charge in [-0.15, -0.1) is 10.2 Å². The van der Waals surface area contributed by atoms with Crippen molar-refractivity contribution in [3.05, 3.63) is 64.9 Å². The maximum atomic E-state index is 12.2. The number of para-hydroxylation sites is 1. The number of carbonyl (C=O) groups excluding carboxylic acids is 1. The fraction of sp³-hybridized carbons (Fsp3) is 0.286. The van der Waals surface area contributed by atoms with E-state index in [4.69, 9.17) is 16.3 Å². The maximum absolute atomic E-state index is 12.2. The largest absolute Gasteiger partial charge is 0.497 e. The SMILES string of the molecule is COc1ccc(CCCc2nnc(SCC(=O)Nc3ccccc3Cl)n2C)cc1. The van der Waals surface area contributed by atoms with Gasteiger partial charge in [0, 0.05) is 13.5 Å². The Morgan fingerprint density at radius 2 is 1.90 bits per heavy atom. The van der Waals surface area contributed by atoms with Gasteiger partial charge in [-0.25, -0.2) is 0 Å². The molecule has 0 radical (unpaired) electrons. The molecule has 6 nitrogen and oxygen atoms in total. The van der Waals surface area contributed by atoms with Crippen molar-refractivity contribution >= 4 is 35.0 Å². The first kappa shape index (κ1) is 21.2. The molecule has 3 aromatic rings. The smallest absolute Gasteiger partial charge is 0.234 e. The molecular weight excluding hydrogens is 408 g/mol. The number of aryl methyl sites for hydroxylation is 2. The molecule has 2 aromatic carbocycles.